The Balaban J connectivity index is 1.57. The molecule has 33 heavy (non-hydrogen) atoms. The Kier molecular flexibility index (Phi) is 5.41. The van der Waals surface area contributed by atoms with E-state index >= 15 is 0 Å². The molecule has 174 valence electrons. The zero-order chi connectivity index (χ0) is 23.3. The molecule has 1 saturated carbocycles. The van der Waals surface area contributed by atoms with Gasteiger partial charge in [0.25, 0.3) is 5.91 Å². The summed E-state index contributed by atoms with van der Waals surface area (Å²) in [5.74, 6) is 0.785. The Hall–Kier alpha value is -2.90. The number of hydrogen-bond donors (Lipinski definition) is 0. The molecule has 8 heteroatoms. The normalized spacial score (nSPS) is 25.8. The summed E-state index contributed by atoms with van der Waals surface area (Å²) in [7, 11) is 0. The lowest BCUT2D eigenvalue weighted by atomic mass is 9.72. The molecular weight excluding hydrogens is 429 g/mol. The second-order valence-corrected chi connectivity index (χ2v) is 9.57. The Morgan fingerprint density at radius 1 is 1.03 bits per heavy atom. The summed E-state index contributed by atoms with van der Waals surface area (Å²) in [6.07, 6.45) is 0.428. The minimum Gasteiger partial charge on any atom is -0.331 e. The minimum atomic E-state index is -4.64. The van der Waals surface area contributed by atoms with Crippen LogP contribution in [0.1, 0.15) is 62.1 Å². The van der Waals surface area contributed by atoms with Crippen molar-refractivity contribution in [3.63, 3.8) is 0 Å². The molecule has 1 aliphatic carbocycles. The van der Waals surface area contributed by atoms with Crippen LogP contribution in [-0.2, 0) is 6.18 Å². The van der Waals surface area contributed by atoms with E-state index < -0.39 is 11.9 Å². The Labute approximate surface area is 190 Å². The molecule has 5 nitrogen and oxygen atoms in total. The third-order valence-electron chi connectivity index (χ3n) is 7.23. The number of rotatable bonds is 2. The fraction of sp³-hybridized carbons (Fsp3) is 0.480. The first-order chi connectivity index (χ1) is 15.7. The van der Waals surface area contributed by atoms with Crippen LogP contribution in [0, 0.1) is 11.8 Å². The average Bonchev–Trinajstić information content (AvgIpc) is 3.22. The van der Waals surface area contributed by atoms with E-state index in [1.807, 2.05) is 11.8 Å². The molecule has 2 aliphatic rings. The second-order valence-electron chi connectivity index (χ2n) is 9.57. The fourth-order valence-electron chi connectivity index (χ4n) is 5.60. The topological polar surface area (TPSA) is 50.5 Å². The van der Waals surface area contributed by atoms with Gasteiger partial charge in [0.15, 0.2) is 17.0 Å². The van der Waals surface area contributed by atoms with Crippen molar-refractivity contribution in [1.82, 2.24) is 19.5 Å². The maximum atomic E-state index is 13.9. The van der Waals surface area contributed by atoms with Crippen molar-refractivity contribution < 1.29 is 18.0 Å². The summed E-state index contributed by atoms with van der Waals surface area (Å²) in [6.45, 7) is 4.27. The van der Waals surface area contributed by atoms with E-state index in [1.54, 1.807) is 30.3 Å². The lowest BCUT2D eigenvalue weighted by Gasteiger charge is -2.48. The van der Waals surface area contributed by atoms with Crippen LogP contribution >= 0.6 is 0 Å². The molecule has 3 aromatic rings. The van der Waals surface area contributed by atoms with E-state index in [-0.39, 0.29) is 35.0 Å². The van der Waals surface area contributed by atoms with Crippen molar-refractivity contribution in [3.8, 4) is 11.3 Å². The van der Waals surface area contributed by atoms with Crippen molar-refractivity contribution in [2.75, 3.05) is 0 Å². The first kappa shape index (κ1) is 21.9. The fourth-order valence-corrected chi connectivity index (χ4v) is 5.60. The number of likely N-dealkylation sites (tertiary alicyclic amines) is 1. The van der Waals surface area contributed by atoms with Crippen LogP contribution in [0.3, 0.4) is 0 Å². The third-order valence-corrected chi connectivity index (χ3v) is 7.23. The lowest BCUT2D eigenvalue weighted by Crippen LogP contribution is -2.54. The van der Waals surface area contributed by atoms with Crippen LogP contribution in [0.15, 0.2) is 42.5 Å². The van der Waals surface area contributed by atoms with Gasteiger partial charge in [0, 0.05) is 23.7 Å². The molecule has 4 atom stereocenters. The van der Waals surface area contributed by atoms with Crippen LogP contribution in [0.25, 0.3) is 16.9 Å². The van der Waals surface area contributed by atoms with Gasteiger partial charge in [-0.15, -0.1) is 0 Å². The monoisotopic (exact) mass is 456 g/mol. The van der Waals surface area contributed by atoms with Crippen molar-refractivity contribution in [3.05, 3.63) is 53.9 Å². The zero-order valence-electron chi connectivity index (χ0n) is 18.7. The highest BCUT2D eigenvalue weighted by Gasteiger charge is 2.42. The van der Waals surface area contributed by atoms with Crippen molar-refractivity contribution in [2.24, 2.45) is 11.8 Å². The van der Waals surface area contributed by atoms with E-state index in [1.165, 1.54) is 6.07 Å². The highest BCUT2D eigenvalue weighted by atomic mass is 19.4. The van der Waals surface area contributed by atoms with E-state index in [2.05, 4.69) is 17.0 Å². The maximum absolute atomic E-state index is 13.9. The molecule has 0 unspecified atom stereocenters. The van der Waals surface area contributed by atoms with Gasteiger partial charge in [-0.25, -0.2) is 9.50 Å². The van der Waals surface area contributed by atoms with Crippen molar-refractivity contribution in [2.45, 2.75) is 64.2 Å². The second kappa shape index (κ2) is 8.15. The molecule has 1 amide bonds. The SMILES string of the molecule is C[C@@H]1CC[C@@H]2[C@H](CC[C@H](C)N2C(=O)c2cc3nc(-c4ccccc4)cc(C(F)(F)F)n3n2)C1. The average molecular weight is 457 g/mol. The molecule has 0 bridgehead atoms. The largest absolute Gasteiger partial charge is 0.433 e. The van der Waals surface area contributed by atoms with Crippen LogP contribution in [-0.4, -0.2) is 37.5 Å². The minimum absolute atomic E-state index is 0.0179. The van der Waals surface area contributed by atoms with Crippen LogP contribution in [0.2, 0.25) is 0 Å². The number of halogens is 3. The van der Waals surface area contributed by atoms with Gasteiger partial charge < -0.3 is 4.90 Å². The Morgan fingerprint density at radius 2 is 1.79 bits per heavy atom. The molecule has 3 heterocycles. The number of aromatic nitrogens is 3. The molecule has 1 aliphatic heterocycles. The maximum Gasteiger partial charge on any atom is 0.433 e. The number of carbonyl (C=O) groups is 1. The summed E-state index contributed by atoms with van der Waals surface area (Å²) >= 11 is 0. The molecule has 1 saturated heterocycles. The Morgan fingerprint density at radius 3 is 2.52 bits per heavy atom. The zero-order valence-corrected chi connectivity index (χ0v) is 18.7. The van der Waals surface area contributed by atoms with E-state index in [4.69, 9.17) is 0 Å². The third kappa shape index (κ3) is 4.00. The molecule has 0 spiro atoms. The predicted molar refractivity (Wildman–Crippen MR) is 119 cm³/mol. The number of alkyl halides is 3. The van der Waals surface area contributed by atoms with Gasteiger partial charge in [-0.05, 0) is 56.9 Å². The standard InChI is InChI=1S/C25H27F3N4O/c1-15-8-11-21-18(12-15)10-9-16(2)31(21)24(33)20-14-23-29-19(17-6-4-3-5-7-17)13-22(25(26,27)28)32(23)30-20/h3-7,13-16,18,21H,8-12H2,1-2H3/t15-,16+,18-,21-/m1/s1. The highest BCUT2D eigenvalue weighted by Crippen LogP contribution is 2.41. The molecule has 2 aromatic heterocycles. The smallest absolute Gasteiger partial charge is 0.331 e. The summed E-state index contributed by atoms with van der Waals surface area (Å²) in [6, 6.07) is 11.3. The van der Waals surface area contributed by atoms with Gasteiger partial charge in [0.2, 0.25) is 0 Å². The first-order valence-electron chi connectivity index (χ1n) is 11.6. The summed E-state index contributed by atoms with van der Waals surface area (Å²) in [5, 5.41) is 4.12. The van der Waals surface area contributed by atoms with Gasteiger partial charge >= 0.3 is 6.18 Å². The van der Waals surface area contributed by atoms with Gasteiger partial charge in [-0.1, -0.05) is 37.3 Å². The number of piperidine rings is 1. The van der Waals surface area contributed by atoms with E-state index in [9.17, 15) is 18.0 Å². The van der Waals surface area contributed by atoms with Crippen molar-refractivity contribution >= 4 is 11.6 Å². The van der Waals surface area contributed by atoms with Gasteiger partial charge in [-0.2, -0.15) is 18.3 Å². The molecule has 0 radical (unpaired) electrons. The van der Waals surface area contributed by atoms with Crippen LogP contribution < -0.4 is 0 Å². The molecule has 1 aromatic carbocycles. The molecular formula is C25H27F3N4O. The number of fused-ring (bicyclic) bond motifs is 2. The number of hydrogen-bond acceptors (Lipinski definition) is 3. The molecule has 0 N–H and O–H groups in total. The molecule has 5 rings (SSSR count). The first-order valence-corrected chi connectivity index (χ1v) is 11.6. The highest BCUT2D eigenvalue weighted by molar-refractivity contribution is 5.94. The van der Waals surface area contributed by atoms with Gasteiger partial charge in [0.05, 0.1) is 5.69 Å². The van der Waals surface area contributed by atoms with E-state index in [0.717, 1.165) is 42.7 Å². The summed E-state index contributed by atoms with van der Waals surface area (Å²) < 4.78 is 42.5. The van der Waals surface area contributed by atoms with Crippen LogP contribution in [0.5, 0.6) is 0 Å². The number of benzene rings is 1. The molecule has 2 fully saturated rings. The van der Waals surface area contributed by atoms with E-state index in [0.29, 0.717) is 17.4 Å². The Bertz CT molecular complexity index is 1170. The quantitative estimate of drug-likeness (QED) is 0.487. The van der Waals surface area contributed by atoms with Crippen LogP contribution in [0.4, 0.5) is 13.2 Å². The number of amides is 1. The predicted octanol–water partition coefficient (Wildman–Crippen LogP) is 5.84. The van der Waals surface area contributed by atoms with Crippen molar-refractivity contribution in [1.29, 1.82) is 0 Å². The number of nitrogens with zero attached hydrogens (tertiary/aromatic N) is 4. The summed E-state index contributed by atoms with van der Waals surface area (Å²) in [5.41, 5.74) is -0.137. The lowest BCUT2D eigenvalue weighted by molar-refractivity contribution is -0.142. The number of carbonyl (C=O) groups excluding carboxylic acids is 1. The van der Waals surface area contributed by atoms with Gasteiger partial charge in [0.1, 0.15) is 0 Å². The summed E-state index contributed by atoms with van der Waals surface area (Å²) in [4.78, 5) is 19.9. The van der Waals surface area contributed by atoms with Gasteiger partial charge in [-0.3, -0.25) is 4.79 Å².